The second-order valence-electron chi connectivity index (χ2n) is 4.42. The Morgan fingerprint density at radius 2 is 2.00 bits per heavy atom. The van der Waals surface area contributed by atoms with Crippen LogP contribution in [-0.4, -0.2) is 22.0 Å². The summed E-state index contributed by atoms with van der Waals surface area (Å²) < 4.78 is 0. The summed E-state index contributed by atoms with van der Waals surface area (Å²) in [6.07, 6.45) is 2.59. The van der Waals surface area contributed by atoms with Crippen LogP contribution in [-0.2, 0) is 4.79 Å². The molecule has 1 saturated heterocycles. The standard InChI is InChI=1S/C13H12ClN5O/c14-9-4-1-3-8(7-9)10-11(15)19(18-12(10)20)13-16-5-2-6-17-13/h1-7,10-11H,15H2,(H,18,20). The van der Waals surface area contributed by atoms with Crippen molar-refractivity contribution < 1.29 is 4.79 Å². The molecule has 0 bridgehead atoms. The molecule has 2 heterocycles. The lowest BCUT2D eigenvalue weighted by molar-refractivity contribution is -0.120. The van der Waals surface area contributed by atoms with Crippen molar-refractivity contribution in [2.24, 2.45) is 5.73 Å². The largest absolute Gasteiger partial charge is 0.309 e. The van der Waals surface area contributed by atoms with Gasteiger partial charge in [-0.3, -0.25) is 10.2 Å². The molecule has 0 saturated carbocycles. The van der Waals surface area contributed by atoms with Crippen LogP contribution in [0.15, 0.2) is 42.7 Å². The van der Waals surface area contributed by atoms with Gasteiger partial charge in [0.1, 0.15) is 12.1 Å². The maximum Gasteiger partial charge on any atom is 0.249 e. The van der Waals surface area contributed by atoms with E-state index in [0.717, 1.165) is 5.56 Å². The van der Waals surface area contributed by atoms with E-state index in [-0.39, 0.29) is 5.91 Å². The molecule has 1 amide bonds. The summed E-state index contributed by atoms with van der Waals surface area (Å²) in [6.45, 7) is 0. The Morgan fingerprint density at radius 1 is 1.25 bits per heavy atom. The van der Waals surface area contributed by atoms with Crippen molar-refractivity contribution in [1.82, 2.24) is 15.4 Å². The van der Waals surface area contributed by atoms with E-state index in [9.17, 15) is 4.79 Å². The van der Waals surface area contributed by atoms with Gasteiger partial charge in [-0.25, -0.2) is 15.0 Å². The number of hydrazine groups is 1. The molecule has 1 aliphatic heterocycles. The number of aromatic nitrogens is 2. The van der Waals surface area contributed by atoms with E-state index in [1.807, 2.05) is 6.07 Å². The first-order valence-electron chi connectivity index (χ1n) is 6.04. The van der Waals surface area contributed by atoms with Crippen LogP contribution in [0, 0.1) is 0 Å². The van der Waals surface area contributed by atoms with Crippen molar-refractivity contribution in [3.05, 3.63) is 53.3 Å². The van der Waals surface area contributed by atoms with Gasteiger partial charge >= 0.3 is 0 Å². The van der Waals surface area contributed by atoms with Crippen LogP contribution in [0.2, 0.25) is 5.02 Å². The number of carbonyl (C=O) groups is 1. The van der Waals surface area contributed by atoms with Gasteiger partial charge in [0.15, 0.2) is 0 Å². The molecule has 102 valence electrons. The molecule has 2 aromatic rings. The number of nitrogens with one attached hydrogen (secondary N) is 1. The molecule has 0 aliphatic carbocycles. The average Bonchev–Trinajstić information content (AvgIpc) is 2.75. The Labute approximate surface area is 120 Å². The average molecular weight is 290 g/mol. The highest BCUT2D eigenvalue weighted by atomic mass is 35.5. The van der Waals surface area contributed by atoms with Crippen molar-refractivity contribution >= 4 is 23.5 Å². The fourth-order valence-electron chi connectivity index (χ4n) is 2.21. The summed E-state index contributed by atoms with van der Waals surface area (Å²) in [4.78, 5) is 20.3. The highest BCUT2D eigenvalue weighted by molar-refractivity contribution is 6.30. The zero-order valence-corrected chi connectivity index (χ0v) is 11.2. The van der Waals surface area contributed by atoms with Gasteiger partial charge in [-0.15, -0.1) is 0 Å². The third kappa shape index (κ3) is 2.19. The molecule has 3 rings (SSSR count). The van der Waals surface area contributed by atoms with Crippen LogP contribution in [0.5, 0.6) is 0 Å². The monoisotopic (exact) mass is 289 g/mol. The van der Waals surface area contributed by atoms with Crippen molar-refractivity contribution in [2.45, 2.75) is 12.1 Å². The normalized spacial score (nSPS) is 21.9. The second kappa shape index (κ2) is 5.07. The fraction of sp³-hybridized carbons (Fsp3) is 0.154. The Morgan fingerprint density at radius 3 is 2.70 bits per heavy atom. The summed E-state index contributed by atoms with van der Waals surface area (Å²) in [7, 11) is 0. The van der Waals surface area contributed by atoms with Crippen molar-refractivity contribution in [3.63, 3.8) is 0 Å². The lowest BCUT2D eigenvalue weighted by Gasteiger charge is -2.21. The van der Waals surface area contributed by atoms with Crippen molar-refractivity contribution in [1.29, 1.82) is 0 Å². The number of amides is 1. The van der Waals surface area contributed by atoms with E-state index >= 15 is 0 Å². The number of halogens is 1. The molecule has 6 nitrogen and oxygen atoms in total. The molecule has 1 aromatic carbocycles. The highest BCUT2D eigenvalue weighted by Crippen LogP contribution is 2.28. The lowest BCUT2D eigenvalue weighted by atomic mass is 9.97. The number of nitrogens with zero attached hydrogens (tertiary/aromatic N) is 3. The van der Waals surface area contributed by atoms with Crippen LogP contribution in [0.4, 0.5) is 5.95 Å². The number of carbonyl (C=O) groups excluding carboxylic acids is 1. The van der Waals surface area contributed by atoms with Gasteiger partial charge in [0, 0.05) is 17.4 Å². The molecule has 1 aromatic heterocycles. The highest BCUT2D eigenvalue weighted by Gasteiger charge is 2.41. The minimum atomic E-state index is -0.594. The van der Waals surface area contributed by atoms with Gasteiger partial charge in [-0.2, -0.15) is 0 Å². The van der Waals surface area contributed by atoms with Crippen LogP contribution < -0.4 is 16.2 Å². The van der Waals surface area contributed by atoms with E-state index in [1.165, 1.54) is 5.01 Å². The number of rotatable bonds is 2. The molecule has 1 fully saturated rings. The predicted octanol–water partition coefficient (Wildman–Crippen LogP) is 1.05. The summed E-state index contributed by atoms with van der Waals surface area (Å²) in [5, 5.41) is 2.03. The predicted molar refractivity (Wildman–Crippen MR) is 74.8 cm³/mol. The maximum absolute atomic E-state index is 12.1. The zero-order valence-electron chi connectivity index (χ0n) is 10.4. The molecule has 20 heavy (non-hydrogen) atoms. The molecule has 1 aliphatic rings. The molecule has 2 unspecified atom stereocenters. The Hall–Kier alpha value is -2.18. The van der Waals surface area contributed by atoms with E-state index in [0.29, 0.717) is 11.0 Å². The van der Waals surface area contributed by atoms with Crippen molar-refractivity contribution in [2.75, 3.05) is 5.01 Å². The minimum absolute atomic E-state index is 0.202. The fourth-order valence-corrected chi connectivity index (χ4v) is 2.41. The number of benzene rings is 1. The lowest BCUT2D eigenvalue weighted by Crippen LogP contribution is -2.45. The van der Waals surface area contributed by atoms with Gasteiger partial charge in [0.25, 0.3) is 0 Å². The van der Waals surface area contributed by atoms with Gasteiger partial charge < -0.3 is 5.73 Å². The minimum Gasteiger partial charge on any atom is -0.309 e. The number of hydrogen-bond donors (Lipinski definition) is 2. The quantitative estimate of drug-likeness (QED) is 0.863. The molecule has 7 heteroatoms. The Kier molecular flexibility index (Phi) is 3.25. The Bertz CT molecular complexity index is 636. The third-order valence-corrected chi connectivity index (χ3v) is 3.36. The first-order valence-corrected chi connectivity index (χ1v) is 6.42. The SMILES string of the molecule is NC1C(c2cccc(Cl)c2)C(=O)NN1c1ncccn1. The van der Waals surface area contributed by atoms with Gasteiger partial charge in [0.2, 0.25) is 11.9 Å². The topological polar surface area (TPSA) is 84.1 Å². The van der Waals surface area contributed by atoms with Crippen LogP contribution in [0.1, 0.15) is 11.5 Å². The summed E-state index contributed by atoms with van der Waals surface area (Å²) in [5.41, 5.74) is 9.60. The summed E-state index contributed by atoms with van der Waals surface area (Å²) in [5.74, 6) is -0.359. The van der Waals surface area contributed by atoms with Gasteiger partial charge in [-0.1, -0.05) is 23.7 Å². The van der Waals surface area contributed by atoms with Crippen LogP contribution in [0.3, 0.4) is 0 Å². The molecule has 2 atom stereocenters. The number of hydrogen-bond acceptors (Lipinski definition) is 5. The molecule has 0 spiro atoms. The van der Waals surface area contributed by atoms with Gasteiger partial charge in [0.05, 0.1) is 0 Å². The smallest absolute Gasteiger partial charge is 0.249 e. The molecule has 0 radical (unpaired) electrons. The Balaban J connectivity index is 1.93. The third-order valence-electron chi connectivity index (χ3n) is 3.13. The zero-order chi connectivity index (χ0) is 14.1. The number of nitrogens with two attached hydrogens (primary N) is 1. The second-order valence-corrected chi connectivity index (χ2v) is 4.85. The van der Waals surface area contributed by atoms with Crippen molar-refractivity contribution in [3.8, 4) is 0 Å². The van der Waals surface area contributed by atoms with E-state index in [4.69, 9.17) is 17.3 Å². The van der Waals surface area contributed by atoms with E-state index < -0.39 is 12.1 Å². The van der Waals surface area contributed by atoms with Gasteiger partial charge in [-0.05, 0) is 23.8 Å². The first-order chi connectivity index (χ1) is 9.66. The molecule has 3 N–H and O–H groups in total. The number of anilines is 1. The van der Waals surface area contributed by atoms with Crippen LogP contribution in [0.25, 0.3) is 0 Å². The van der Waals surface area contributed by atoms with E-state index in [1.54, 1.807) is 36.7 Å². The van der Waals surface area contributed by atoms with Crippen LogP contribution >= 0.6 is 11.6 Å². The molecular weight excluding hydrogens is 278 g/mol. The molecular formula is C13H12ClN5O. The van der Waals surface area contributed by atoms with E-state index in [2.05, 4.69) is 15.4 Å². The maximum atomic E-state index is 12.1. The first kappa shape index (κ1) is 12.8. The summed E-state index contributed by atoms with van der Waals surface area (Å²) >= 11 is 5.96. The summed E-state index contributed by atoms with van der Waals surface area (Å²) in [6, 6.07) is 8.80.